The van der Waals surface area contributed by atoms with Gasteiger partial charge < -0.3 is 20.4 Å². The van der Waals surface area contributed by atoms with Crippen molar-refractivity contribution in [2.45, 2.75) is 11.8 Å². The van der Waals surface area contributed by atoms with E-state index in [9.17, 15) is 20.4 Å². The standard InChI is InChI=1S/C26H22O4/c27-21-9-1-17(2-10-21)25(18-3-11-22(28)12-4-18)26(19-5-13-23(29)14-6-19)20-7-15-24(30)16-8-20/h1-16,25-30H. The van der Waals surface area contributed by atoms with E-state index in [4.69, 9.17) is 0 Å². The Balaban J connectivity index is 1.93. The number of hydrogen-bond acceptors (Lipinski definition) is 4. The molecule has 0 bridgehead atoms. The topological polar surface area (TPSA) is 80.9 Å². The molecule has 150 valence electrons. The van der Waals surface area contributed by atoms with Crippen molar-refractivity contribution in [1.29, 1.82) is 0 Å². The zero-order valence-corrected chi connectivity index (χ0v) is 16.2. The number of benzene rings is 4. The third-order valence-corrected chi connectivity index (χ3v) is 5.34. The molecule has 0 radical (unpaired) electrons. The van der Waals surface area contributed by atoms with Gasteiger partial charge in [-0.1, -0.05) is 48.5 Å². The summed E-state index contributed by atoms with van der Waals surface area (Å²) in [6.45, 7) is 0. The predicted molar refractivity (Wildman–Crippen MR) is 116 cm³/mol. The van der Waals surface area contributed by atoms with Crippen LogP contribution in [0.1, 0.15) is 34.1 Å². The minimum Gasteiger partial charge on any atom is -0.508 e. The number of aromatic hydroxyl groups is 4. The predicted octanol–water partition coefficient (Wildman–Crippen LogP) is 5.47. The van der Waals surface area contributed by atoms with E-state index in [-0.39, 0.29) is 34.8 Å². The van der Waals surface area contributed by atoms with Gasteiger partial charge in [-0.25, -0.2) is 0 Å². The molecular weight excluding hydrogens is 376 g/mol. The smallest absolute Gasteiger partial charge is 0.115 e. The molecule has 4 aromatic rings. The Hall–Kier alpha value is -3.92. The van der Waals surface area contributed by atoms with Gasteiger partial charge in [0.15, 0.2) is 0 Å². The molecule has 4 N–H and O–H groups in total. The Bertz CT molecular complexity index is 916. The second-order valence-corrected chi connectivity index (χ2v) is 7.32. The summed E-state index contributed by atoms with van der Waals surface area (Å²) in [4.78, 5) is 0. The summed E-state index contributed by atoms with van der Waals surface area (Å²) in [5, 5.41) is 39.2. The highest BCUT2D eigenvalue weighted by Gasteiger charge is 2.28. The molecule has 0 aliphatic heterocycles. The SMILES string of the molecule is Oc1ccc(C(c2ccc(O)cc2)C(c2ccc(O)cc2)c2ccc(O)cc2)cc1. The second-order valence-electron chi connectivity index (χ2n) is 7.32. The quantitative estimate of drug-likeness (QED) is 0.359. The largest absolute Gasteiger partial charge is 0.508 e. The lowest BCUT2D eigenvalue weighted by Crippen LogP contribution is -2.14. The molecule has 4 heteroatoms. The Morgan fingerprint density at radius 1 is 0.300 bits per heavy atom. The Kier molecular flexibility index (Phi) is 5.31. The van der Waals surface area contributed by atoms with Gasteiger partial charge in [-0.15, -0.1) is 0 Å². The van der Waals surface area contributed by atoms with Gasteiger partial charge in [-0.2, -0.15) is 0 Å². The van der Waals surface area contributed by atoms with Gasteiger partial charge in [0.2, 0.25) is 0 Å². The zero-order chi connectivity index (χ0) is 21.1. The summed E-state index contributed by atoms with van der Waals surface area (Å²) in [7, 11) is 0. The first kappa shape index (κ1) is 19.4. The summed E-state index contributed by atoms with van der Waals surface area (Å²) in [5.74, 6) is 0.478. The molecule has 0 spiro atoms. The molecule has 30 heavy (non-hydrogen) atoms. The van der Waals surface area contributed by atoms with Gasteiger partial charge in [0.1, 0.15) is 23.0 Å². The monoisotopic (exact) mass is 398 g/mol. The first-order valence-corrected chi connectivity index (χ1v) is 9.67. The van der Waals surface area contributed by atoms with Crippen molar-refractivity contribution in [1.82, 2.24) is 0 Å². The number of rotatable bonds is 5. The van der Waals surface area contributed by atoms with Crippen LogP contribution in [0.4, 0.5) is 0 Å². The molecule has 4 nitrogen and oxygen atoms in total. The molecule has 0 atom stereocenters. The Morgan fingerprint density at radius 3 is 0.633 bits per heavy atom. The van der Waals surface area contributed by atoms with E-state index < -0.39 is 0 Å². The van der Waals surface area contributed by atoms with Crippen molar-refractivity contribution in [3.63, 3.8) is 0 Å². The first-order valence-electron chi connectivity index (χ1n) is 9.67. The van der Waals surface area contributed by atoms with Crippen LogP contribution in [0.3, 0.4) is 0 Å². The van der Waals surface area contributed by atoms with E-state index in [1.165, 1.54) is 0 Å². The van der Waals surface area contributed by atoms with Crippen molar-refractivity contribution in [3.8, 4) is 23.0 Å². The Labute approximate surface area is 175 Å². The van der Waals surface area contributed by atoms with Crippen LogP contribution in [0.25, 0.3) is 0 Å². The second kappa shape index (κ2) is 8.21. The first-order chi connectivity index (χ1) is 14.5. The van der Waals surface area contributed by atoms with Crippen LogP contribution in [0, 0.1) is 0 Å². The molecule has 4 rings (SSSR count). The van der Waals surface area contributed by atoms with Crippen molar-refractivity contribution < 1.29 is 20.4 Å². The van der Waals surface area contributed by atoms with Crippen molar-refractivity contribution in [2.75, 3.05) is 0 Å². The van der Waals surface area contributed by atoms with Crippen LogP contribution in [0.5, 0.6) is 23.0 Å². The molecule has 0 aliphatic carbocycles. The fraction of sp³-hybridized carbons (Fsp3) is 0.0769. The van der Waals surface area contributed by atoms with E-state index in [0.717, 1.165) is 22.3 Å². The van der Waals surface area contributed by atoms with Crippen molar-refractivity contribution >= 4 is 0 Å². The summed E-state index contributed by atoms with van der Waals surface area (Å²) >= 11 is 0. The van der Waals surface area contributed by atoms with Gasteiger partial charge in [0.05, 0.1) is 0 Å². The molecule has 0 aromatic heterocycles. The normalized spacial score (nSPS) is 11.1. The summed E-state index contributed by atoms with van der Waals surface area (Å²) in [6, 6.07) is 28.4. The van der Waals surface area contributed by atoms with Crippen LogP contribution in [0.2, 0.25) is 0 Å². The summed E-state index contributed by atoms with van der Waals surface area (Å²) in [5.41, 5.74) is 3.96. The number of phenolic OH excluding ortho intramolecular Hbond substituents is 4. The van der Waals surface area contributed by atoms with Crippen LogP contribution < -0.4 is 0 Å². The minimum atomic E-state index is -0.139. The fourth-order valence-electron chi connectivity index (χ4n) is 3.88. The molecule has 0 heterocycles. The molecule has 0 aliphatic rings. The average molecular weight is 398 g/mol. The minimum absolute atomic E-state index is 0.139. The third-order valence-electron chi connectivity index (χ3n) is 5.34. The van der Waals surface area contributed by atoms with Crippen LogP contribution in [-0.2, 0) is 0 Å². The maximum Gasteiger partial charge on any atom is 0.115 e. The molecule has 0 unspecified atom stereocenters. The number of phenols is 4. The average Bonchev–Trinajstić information content (AvgIpc) is 2.75. The van der Waals surface area contributed by atoms with Gasteiger partial charge in [-0.3, -0.25) is 0 Å². The molecule has 0 saturated heterocycles. The fourth-order valence-corrected chi connectivity index (χ4v) is 3.88. The van der Waals surface area contributed by atoms with E-state index in [1.807, 2.05) is 48.5 Å². The van der Waals surface area contributed by atoms with E-state index in [2.05, 4.69) is 0 Å². The highest BCUT2D eigenvalue weighted by Crippen LogP contribution is 2.44. The number of hydrogen-bond donors (Lipinski definition) is 4. The van der Waals surface area contributed by atoms with Gasteiger partial charge in [0, 0.05) is 11.8 Å². The van der Waals surface area contributed by atoms with Crippen molar-refractivity contribution in [3.05, 3.63) is 119 Å². The molecule has 4 aromatic carbocycles. The van der Waals surface area contributed by atoms with Crippen molar-refractivity contribution in [2.24, 2.45) is 0 Å². The lowest BCUT2D eigenvalue weighted by Gasteiger charge is -2.29. The maximum atomic E-state index is 9.79. The highest BCUT2D eigenvalue weighted by atomic mass is 16.3. The van der Waals surface area contributed by atoms with Crippen LogP contribution in [0.15, 0.2) is 97.1 Å². The molecule has 0 saturated carbocycles. The zero-order valence-electron chi connectivity index (χ0n) is 16.2. The lowest BCUT2D eigenvalue weighted by atomic mass is 9.73. The summed E-state index contributed by atoms with van der Waals surface area (Å²) < 4.78 is 0. The Morgan fingerprint density at radius 2 is 0.467 bits per heavy atom. The van der Waals surface area contributed by atoms with Crippen LogP contribution >= 0.6 is 0 Å². The van der Waals surface area contributed by atoms with E-state index in [1.54, 1.807) is 48.5 Å². The molecule has 0 fully saturated rings. The maximum absolute atomic E-state index is 9.79. The van der Waals surface area contributed by atoms with Gasteiger partial charge in [-0.05, 0) is 70.8 Å². The van der Waals surface area contributed by atoms with Gasteiger partial charge in [0.25, 0.3) is 0 Å². The molecular formula is C26H22O4. The van der Waals surface area contributed by atoms with Crippen LogP contribution in [-0.4, -0.2) is 20.4 Å². The lowest BCUT2D eigenvalue weighted by molar-refractivity contribution is 0.473. The third kappa shape index (κ3) is 4.08. The van der Waals surface area contributed by atoms with E-state index in [0.29, 0.717) is 0 Å². The summed E-state index contributed by atoms with van der Waals surface area (Å²) in [6.07, 6.45) is 0. The highest BCUT2D eigenvalue weighted by molar-refractivity contribution is 5.47. The van der Waals surface area contributed by atoms with E-state index >= 15 is 0 Å². The van der Waals surface area contributed by atoms with Gasteiger partial charge >= 0.3 is 0 Å². The molecule has 0 amide bonds.